The maximum atomic E-state index is 10.7. The number of carbonyl (C=O) groups is 3. The second-order valence-electron chi connectivity index (χ2n) is 2.09. The van der Waals surface area contributed by atoms with E-state index in [1.165, 1.54) is 0 Å². The molecule has 1 unspecified atom stereocenters. The van der Waals surface area contributed by atoms with Crippen molar-refractivity contribution in [1.29, 1.82) is 0 Å². The molecule has 0 aromatic heterocycles. The summed E-state index contributed by atoms with van der Waals surface area (Å²) in [4.78, 5) is 31.9. The van der Waals surface area contributed by atoms with E-state index < -0.39 is 24.0 Å². The molecule has 1 rings (SSSR count). The lowest BCUT2D eigenvalue weighted by Crippen LogP contribution is -2.44. The van der Waals surface area contributed by atoms with Gasteiger partial charge in [-0.15, -0.1) is 0 Å². The summed E-state index contributed by atoms with van der Waals surface area (Å²) in [6.07, 6.45) is -0.303. The van der Waals surface area contributed by atoms with Crippen LogP contribution in [0.25, 0.3) is 0 Å². The van der Waals surface area contributed by atoms with Crippen LogP contribution in [-0.4, -0.2) is 39.1 Å². The summed E-state index contributed by atoms with van der Waals surface area (Å²) in [5, 5.41) is 17.1. The Morgan fingerprint density at radius 1 is 1.33 bits per heavy atom. The average molecular weight is 171 g/mol. The van der Waals surface area contributed by atoms with Crippen LogP contribution in [0.4, 0.5) is 0 Å². The number of nitrogens with zero attached hydrogens (tertiary/aromatic N) is 1. The first-order chi connectivity index (χ1) is 5.54. The number of hydrogen-bond donors (Lipinski definition) is 2. The van der Waals surface area contributed by atoms with Crippen LogP contribution in [0.15, 0.2) is 12.2 Å². The third-order valence-electron chi connectivity index (χ3n) is 1.31. The fourth-order valence-electron chi connectivity index (χ4n) is 0.763. The van der Waals surface area contributed by atoms with Gasteiger partial charge >= 0.3 is 5.97 Å². The molecule has 2 N–H and O–H groups in total. The summed E-state index contributed by atoms with van der Waals surface area (Å²) in [6, 6.07) is 0. The Hall–Kier alpha value is -1.69. The molecule has 0 saturated heterocycles. The third-order valence-corrected chi connectivity index (χ3v) is 1.31. The number of imide groups is 1. The van der Waals surface area contributed by atoms with Crippen molar-refractivity contribution in [2.45, 2.75) is 6.23 Å². The lowest BCUT2D eigenvalue weighted by molar-refractivity contribution is -0.167. The first kappa shape index (κ1) is 8.41. The number of aliphatic hydroxyl groups is 1. The van der Waals surface area contributed by atoms with Crippen molar-refractivity contribution in [3.8, 4) is 0 Å². The molecular weight excluding hydrogens is 166 g/mol. The Morgan fingerprint density at radius 2 is 1.75 bits per heavy atom. The first-order valence-electron chi connectivity index (χ1n) is 3.00. The van der Waals surface area contributed by atoms with E-state index in [2.05, 4.69) is 0 Å². The summed E-state index contributed by atoms with van der Waals surface area (Å²) in [5.74, 6) is -3.29. The van der Waals surface area contributed by atoms with E-state index in [1.54, 1.807) is 0 Å². The Bertz CT molecular complexity index is 264. The van der Waals surface area contributed by atoms with Gasteiger partial charge in [-0.1, -0.05) is 0 Å². The highest BCUT2D eigenvalue weighted by atomic mass is 16.4. The van der Waals surface area contributed by atoms with Crippen molar-refractivity contribution in [1.82, 2.24) is 4.90 Å². The van der Waals surface area contributed by atoms with Gasteiger partial charge in [-0.25, -0.2) is 9.69 Å². The zero-order chi connectivity index (χ0) is 9.30. The van der Waals surface area contributed by atoms with Crippen molar-refractivity contribution in [2.75, 3.05) is 0 Å². The monoisotopic (exact) mass is 171 g/mol. The number of carbonyl (C=O) groups excluding carboxylic acids is 2. The largest absolute Gasteiger partial charge is 0.478 e. The van der Waals surface area contributed by atoms with Gasteiger partial charge in [0.05, 0.1) is 0 Å². The van der Waals surface area contributed by atoms with E-state index in [0.717, 1.165) is 12.2 Å². The molecule has 0 spiro atoms. The van der Waals surface area contributed by atoms with Gasteiger partial charge in [0.25, 0.3) is 11.8 Å². The lowest BCUT2D eigenvalue weighted by Gasteiger charge is -2.16. The molecule has 64 valence electrons. The molecule has 12 heavy (non-hydrogen) atoms. The molecule has 0 saturated carbocycles. The van der Waals surface area contributed by atoms with E-state index >= 15 is 0 Å². The van der Waals surface area contributed by atoms with E-state index in [9.17, 15) is 14.4 Å². The van der Waals surface area contributed by atoms with Gasteiger partial charge in [0.1, 0.15) is 0 Å². The Labute approximate surface area is 66.7 Å². The summed E-state index contributed by atoms with van der Waals surface area (Å²) in [6.45, 7) is 0. The van der Waals surface area contributed by atoms with Gasteiger partial charge in [0, 0.05) is 12.2 Å². The number of aliphatic carboxylic acids is 1. The van der Waals surface area contributed by atoms with Gasteiger partial charge in [-0.2, -0.15) is 0 Å². The molecule has 1 heterocycles. The highest BCUT2D eigenvalue weighted by Crippen LogP contribution is 2.06. The zero-order valence-corrected chi connectivity index (χ0v) is 5.80. The number of amides is 2. The van der Waals surface area contributed by atoms with Crippen LogP contribution in [-0.2, 0) is 14.4 Å². The molecule has 1 aliphatic heterocycles. The molecule has 0 aliphatic carbocycles. The minimum atomic E-state index is -2.10. The van der Waals surface area contributed by atoms with E-state index in [-0.39, 0.29) is 4.90 Å². The molecule has 1 aliphatic rings. The van der Waals surface area contributed by atoms with Crippen molar-refractivity contribution in [3.05, 3.63) is 12.2 Å². The van der Waals surface area contributed by atoms with Gasteiger partial charge in [0.15, 0.2) is 0 Å². The van der Waals surface area contributed by atoms with Crippen LogP contribution in [0.5, 0.6) is 0 Å². The number of carboxylic acids is 1. The zero-order valence-electron chi connectivity index (χ0n) is 5.80. The van der Waals surface area contributed by atoms with E-state index in [1.807, 2.05) is 0 Å². The molecule has 0 bridgehead atoms. The lowest BCUT2D eigenvalue weighted by atomic mass is 10.4. The standard InChI is InChI=1S/C6H5NO5/c8-3-1-2-4(9)7(3)5(10)6(11)12/h1-2,5,10H,(H,11,12). The van der Waals surface area contributed by atoms with Gasteiger partial charge in [-0.05, 0) is 0 Å². The smallest absolute Gasteiger partial charge is 0.354 e. The van der Waals surface area contributed by atoms with Crippen molar-refractivity contribution < 1.29 is 24.6 Å². The highest BCUT2D eigenvalue weighted by molar-refractivity contribution is 6.14. The van der Waals surface area contributed by atoms with Crippen LogP contribution < -0.4 is 0 Å². The normalized spacial score (nSPS) is 18.6. The second kappa shape index (κ2) is 2.74. The Morgan fingerprint density at radius 3 is 2.08 bits per heavy atom. The molecule has 6 heteroatoms. The minimum absolute atomic E-state index is 0.252. The SMILES string of the molecule is O=C(O)C(O)N1C(=O)C=CC1=O. The summed E-state index contributed by atoms with van der Waals surface area (Å²) in [7, 11) is 0. The predicted molar refractivity (Wildman–Crippen MR) is 34.6 cm³/mol. The summed E-state index contributed by atoms with van der Waals surface area (Å²) >= 11 is 0. The van der Waals surface area contributed by atoms with Gasteiger partial charge in [-0.3, -0.25) is 9.59 Å². The average Bonchev–Trinajstić information content (AvgIpc) is 2.30. The van der Waals surface area contributed by atoms with Crippen LogP contribution in [0.1, 0.15) is 0 Å². The summed E-state index contributed by atoms with van der Waals surface area (Å²) < 4.78 is 0. The van der Waals surface area contributed by atoms with E-state index in [4.69, 9.17) is 10.2 Å². The molecule has 2 amide bonds. The second-order valence-corrected chi connectivity index (χ2v) is 2.09. The Kier molecular flexibility index (Phi) is 1.92. The first-order valence-corrected chi connectivity index (χ1v) is 3.00. The molecule has 1 atom stereocenters. The van der Waals surface area contributed by atoms with Crippen LogP contribution >= 0.6 is 0 Å². The van der Waals surface area contributed by atoms with Gasteiger partial charge in [0.2, 0.25) is 6.23 Å². The fourth-order valence-corrected chi connectivity index (χ4v) is 0.763. The van der Waals surface area contributed by atoms with Crippen LogP contribution in [0.2, 0.25) is 0 Å². The molecule has 0 radical (unpaired) electrons. The molecular formula is C6H5NO5. The van der Waals surface area contributed by atoms with Crippen molar-refractivity contribution in [3.63, 3.8) is 0 Å². The molecule has 0 aromatic rings. The highest BCUT2D eigenvalue weighted by Gasteiger charge is 2.34. The van der Waals surface area contributed by atoms with Crippen molar-refractivity contribution >= 4 is 17.8 Å². The number of rotatable bonds is 2. The topological polar surface area (TPSA) is 94.9 Å². The molecule has 0 aromatic carbocycles. The maximum absolute atomic E-state index is 10.7. The molecule has 6 nitrogen and oxygen atoms in total. The van der Waals surface area contributed by atoms with Gasteiger partial charge < -0.3 is 10.2 Å². The quantitative estimate of drug-likeness (QED) is 0.483. The third kappa shape index (κ3) is 1.19. The molecule has 0 fully saturated rings. The van der Waals surface area contributed by atoms with Crippen molar-refractivity contribution in [2.24, 2.45) is 0 Å². The predicted octanol–water partition coefficient (Wildman–Crippen LogP) is -1.69. The van der Waals surface area contributed by atoms with Crippen LogP contribution in [0, 0.1) is 0 Å². The fraction of sp³-hybridized carbons (Fsp3) is 0.167. The summed E-state index contributed by atoms with van der Waals surface area (Å²) in [5.41, 5.74) is 0. The number of carboxylic acid groups (broad SMARTS) is 1. The number of hydrogen-bond acceptors (Lipinski definition) is 4. The van der Waals surface area contributed by atoms with Crippen LogP contribution in [0.3, 0.4) is 0 Å². The number of aliphatic hydroxyl groups excluding tert-OH is 1. The minimum Gasteiger partial charge on any atom is -0.478 e. The Balaban J connectivity index is 2.83. The maximum Gasteiger partial charge on any atom is 0.354 e. The van der Waals surface area contributed by atoms with E-state index in [0.29, 0.717) is 0 Å².